The number of aromatic nitrogens is 3. The van der Waals surface area contributed by atoms with E-state index in [1.165, 1.54) is 4.90 Å². The van der Waals surface area contributed by atoms with E-state index in [0.29, 0.717) is 19.4 Å². The summed E-state index contributed by atoms with van der Waals surface area (Å²) in [5.74, 6) is 0.811. The number of nitrogens with zero attached hydrogens (tertiary/aromatic N) is 1. The summed E-state index contributed by atoms with van der Waals surface area (Å²) in [5, 5.41) is 21.9. The van der Waals surface area contributed by atoms with E-state index in [9.17, 15) is 5.11 Å². The van der Waals surface area contributed by atoms with Gasteiger partial charge < -0.3 is 24.5 Å². The molecule has 4 aromatic rings. The summed E-state index contributed by atoms with van der Waals surface area (Å²) < 4.78 is 12.9. The van der Waals surface area contributed by atoms with Gasteiger partial charge in [-0.3, -0.25) is 5.10 Å². The second kappa shape index (κ2) is 8.86. The van der Waals surface area contributed by atoms with Gasteiger partial charge in [0.15, 0.2) is 0 Å². The Morgan fingerprint density at radius 3 is 2.78 bits per heavy atom. The highest BCUT2D eigenvalue weighted by atomic mass is 32.1. The van der Waals surface area contributed by atoms with Crippen LogP contribution in [0.1, 0.15) is 32.3 Å². The van der Waals surface area contributed by atoms with E-state index in [-0.39, 0.29) is 0 Å². The average molecular weight is 456 g/mol. The van der Waals surface area contributed by atoms with Crippen molar-refractivity contribution in [2.45, 2.75) is 32.3 Å². The van der Waals surface area contributed by atoms with Crippen LogP contribution in [0, 0.1) is 0 Å². The highest BCUT2D eigenvalue weighted by Gasteiger charge is 2.27. The quantitative estimate of drug-likeness (QED) is 0.329. The highest BCUT2D eigenvalue weighted by molar-refractivity contribution is 7.17. The lowest BCUT2D eigenvalue weighted by molar-refractivity contribution is -0.908. The van der Waals surface area contributed by atoms with Crippen LogP contribution in [0.2, 0.25) is 0 Å². The van der Waals surface area contributed by atoms with Crippen molar-refractivity contribution < 1.29 is 19.5 Å². The van der Waals surface area contributed by atoms with Crippen LogP contribution in [0.15, 0.2) is 29.6 Å². The van der Waals surface area contributed by atoms with Crippen LogP contribution in [-0.2, 0) is 10.3 Å². The zero-order valence-electron chi connectivity index (χ0n) is 18.7. The van der Waals surface area contributed by atoms with Crippen molar-refractivity contribution >= 4 is 32.5 Å². The normalized spacial score (nSPS) is 15.7. The number of H-pyrrole nitrogens is 2. The zero-order valence-corrected chi connectivity index (χ0v) is 19.5. The first-order chi connectivity index (χ1) is 15.6. The lowest BCUT2D eigenvalue weighted by Gasteiger charge is -2.27. The van der Waals surface area contributed by atoms with Gasteiger partial charge in [-0.1, -0.05) is 13.8 Å². The third-order valence-corrected chi connectivity index (χ3v) is 7.67. The Hall–Kier alpha value is -2.39. The first-order valence-corrected chi connectivity index (χ1v) is 12.3. The second-order valence-electron chi connectivity index (χ2n) is 8.55. The van der Waals surface area contributed by atoms with Gasteiger partial charge >= 0.3 is 0 Å². The molecule has 0 spiro atoms. The Morgan fingerprint density at radius 2 is 2.00 bits per heavy atom. The van der Waals surface area contributed by atoms with E-state index in [1.54, 1.807) is 11.3 Å². The Labute approximate surface area is 191 Å². The molecule has 32 heavy (non-hydrogen) atoms. The topological polar surface area (TPSA) is 87.6 Å². The van der Waals surface area contributed by atoms with E-state index >= 15 is 0 Å². The van der Waals surface area contributed by atoms with Gasteiger partial charge in [-0.15, -0.1) is 11.3 Å². The lowest BCUT2D eigenvalue weighted by Crippen LogP contribution is -3.14. The second-order valence-corrected chi connectivity index (χ2v) is 9.47. The Kier molecular flexibility index (Phi) is 5.94. The third-order valence-electron chi connectivity index (χ3n) is 6.74. The Balaban J connectivity index is 1.51. The standard InChI is InChI=1S/C24H30N4O3S/c1-3-24(29,4-2)16-13-19-17(21(14-16)31-11-8-28-6-9-30-10-7-28)15-20(25-19)22-23-18(26-27-22)5-12-32-23/h5,12-15,25,29H,3-4,6-11H2,1-2H3,(H,26,27)/p+1. The first-order valence-electron chi connectivity index (χ1n) is 11.5. The van der Waals surface area contributed by atoms with E-state index in [2.05, 4.69) is 32.7 Å². The number of benzene rings is 1. The highest BCUT2D eigenvalue weighted by Crippen LogP contribution is 2.39. The van der Waals surface area contributed by atoms with Crippen molar-refractivity contribution in [1.82, 2.24) is 15.2 Å². The molecule has 3 aromatic heterocycles. The van der Waals surface area contributed by atoms with Crippen molar-refractivity contribution in [2.75, 3.05) is 39.5 Å². The van der Waals surface area contributed by atoms with Gasteiger partial charge in [-0.25, -0.2) is 0 Å². The maximum Gasteiger partial charge on any atom is 0.137 e. The van der Waals surface area contributed by atoms with Crippen LogP contribution in [0.5, 0.6) is 5.75 Å². The van der Waals surface area contributed by atoms with Crippen LogP contribution < -0.4 is 9.64 Å². The SMILES string of the molecule is CCC(O)(CC)c1cc(OCC[NH+]2CCOCC2)c2cc(-c3n[nH]c4ccsc34)[nH]c2c1. The van der Waals surface area contributed by atoms with Crippen LogP contribution in [0.25, 0.3) is 32.5 Å². The number of thiophene rings is 1. The molecule has 0 unspecified atom stereocenters. The summed E-state index contributed by atoms with van der Waals surface area (Å²) in [7, 11) is 0. The molecule has 1 fully saturated rings. The summed E-state index contributed by atoms with van der Waals surface area (Å²) >= 11 is 1.68. The molecule has 1 aliphatic heterocycles. The van der Waals surface area contributed by atoms with Gasteiger partial charge in [0, 0.05) is 5.39 Å². The summed E-state index contributed by atoms with van der Waals surface area (Å²) in [5.41, 5.74) is 3.88. The monoisotopic (exact) mass is 455 g/mol. The molecule has 4 N–H and O–H groups in total. The van der Waals surface area contributed by atoms with E-state index in [0.717, 1.165) is 76.7 Å². The predicted octanol–water partition coefficient (Wildman–Crippen LogP) is 3.07. The molecular weight excluding hydrogens is 424 g/mol. The Morgan fingerprint density at radius 1 is 1.19 bits per heavy atom. The third kappa shape index (κ3) is 3.92. The maximum absolute atomic E-state index is 11.2. The van der Waals surface area contributed by atoms with Gasteiger partial charge in [-0.2, -0.15) is 5.10 Å². The van der Waals surface area contributed by atoms with Gasteiger partial charge in [-0.05, 0) is 48.1 Å². The number of hydrogen-bond acceptors (Lipinski definition) is 5. The summed E-state index contributed by atoms with van der Waals surface area (Å²) in [6.07, 6.45) is 1.30. The molecule has 1 aromatic carbocycles. The fourth-order valence-corrected chi connectivity index (χ4v) is 5.37. The number of fused-ring (bicyclic) bond motifs is 2. The largest absolute Gasteiger partial charge is 0.487 e. The molecule has 1 aliphatic rings. The molecule has 4 heterocycles. The van der Waals surface area contributed by atoms with Gasteiger partial charge in [0.05, 0.1) is 40.2 Å². The van der Waals surface area contributed by atoms with Gasteiger partial charge in [0.1, 0.15) is 37.7 Å². The van der Waals surface area contributed by atoms with Crippen molar-refractivity contribution in [3.63, 3.8) is 0 Å². The predicted molar refractivity (Wildman–Crippen MR) is 128 cm³/mol. The van der Waals surface area contributed by atoms with Crippen LogP contribution >= 0.6 is 11.3 Å². The molecule has 0 saturated carbocycles. The lowest BCUT2D eigenvalue weighted by atomic mass is 9.88. The molecule has 1 saturated heterocycles. The molecule has 0 radical (unpaired) electrons. The molecule has 0 amide bonds. The van der Waals surface area contributed by atoms with Gasteiger partial charge in [0.25, 0.3) is 0 Å². The van der Waals surface area contributed by atoms with Gasteiger partial charge in [0.2, 0.25) is 0 Å². The molecule has 170 valence electrons. The molecule has 0 aliphatic carbocycles. The van der Waals surface area contributed by atoms with Crippen molar-refractivity contribution in [1.29, 1.82) is 0 Å². The maximum atomic E-state index is 11.2. The summed E-state index contributed by atoms with van der Waals surface area (Å²) in [4.78, 5) is 5.04. The molecule has 0 bridgehead atoms. The smallest absolute Gasteiger partial charge is 0.137 e. The number of rotatable bonds is 8. The number of ether oxygens (including phenoxy) is 2. The fraction of sp³-hybridized carbons (Fsp3) is 0.458. The average Bonchev–Trinajstić information content (AvgIpc) is 3.54. The number of aromatic amines is 2. The first kappa shape index (κ1) is 21.5. The number of quaternary nitrogens is 1. The van der Waals surface area contributed by atoms with Crippen molar-refractivity contribution in [3.8, 4) is 17.1 Å². The minimum Gasteiger partial charge on any atom is -0.487 e. The van der Waals surface area contributed by atoms with Crippen LogP contribution in [0.3, 0.4) is 0 Å². The Bertz CT molecular complexity index is 1200. The minimum absolute atomic E-state index is 0.628. The molecule has 5 rings (SSSR count). The zero-order chi connectivity index (χ0) is 22.1. The fourth-order valence-electron chi connectivity index (χ4n) is 4.52. The van der Waals surface area contributed by atoms with E-state index in [1.807, 2.05) is 26.0 Å². The minimum atomic E-state index is -0.875. The molecular formula is C24H31N4O3S+. The summed E-state index contributed by atoms with van der Waals surface area (Å²) in [6, 6.07) is 8.24. The number of morpholine rings is 1. The van der Waals surface area contributed by atoms with E-state index < -0.39 is 5.60 Å². The van der Waals surface area contributed by atoms with Crippen molar-refractivity contribution in [2.24, 2.45) is 0 Å². The molecule has 0 atom stereocenters. The number of hydrogen-bond donors (Lipinski definition) is 4. The van der Waals surface area contributed by atoms with E-state index in [4.69, 9.17) is 9.47 Å². The van der Waals surface area contributed by atoms with Crippen LogP contribution in [-0.4, -0.2) is 59.7 Å². The molecule has 8 heteroatoms. The van der Waals surface area contributed by atoms with Crippen LogP contribution in [0.4, 0.5) is 0 Å². The number of nitrogens with one attached hydrogen (secondary N) is 3. The van der Waals surface area contributed by atoms with Crippen molar-refractivity contribution in [3.05, 3.63) is 35.2 Å². The summed E-state index contributed by atoms with van der Waals surface area (Å²) in [6.45, 7) is 9.29. The number of aliphatic hydroxyl groups is 1. The molecule has 7 nitrogen and oxygen atoms in total.